The van der Waals surface area contributed by atoms with E-state index in [-0.39, 0.29) is 18.4 Å². The molecule has 1 aliphatic heterocycles. The summed E-state index contributed by atoms with van der Waals surface area (Å²) in [5.41, 5.74) is 10.9. The number of aliphatic carboxylic acids is 1. The van der Waals surface area contributed by atoms with Crippen LogP contribution in [0.1, 0.15) is 47.7 Å². The second-order valence-electron chi connectivity index (χ2n) is 7.83. The molecule has 2 atom stereocenters. The lowest BCUT2D eigenvalue weighted by atomic mass is 9.82. The molecule has 2 heterocycles. The Hall–Kier alpha value is -2.60. The second kappa shape index (κ2) is 8.19. The fourth-order valence-electron chi connectivity index (χ4n) is 4.14. The van der Waals surface area contributed by atoms with Crippen LogP contribution in [0.2, 0.25) is 0 Å². The third kappa shape index (κ3) is 4.28. The van der Waals surface area contributed by atoms with Crippen LogP contribution < -0.4 is 15.8 Å². The molecule has 148 valence electrons. The van der Waals surface area contributed by atoms with E-state index in [1.54, 1.807) is 0 Å². The zero-order valence-electron chi connectivity index (χ0n) is 16.0. The van der Waals surface area contributed by atoms with E-state index in [0.29, 0.717) is 6.61 Å². The molecule has 28 heavy (non-hydrogen) atoms. The number of carbonyl (C=O) groups is 1. The van der Waals surface area contributed by atoms with Gasteiger partial charge in [0, 0.05) is 13.0 Å². The Kier molecular flexibility index (Phi) is 5.48. The van der Waals surface area contributed by atoms with Crippen molar-refractivity contribution < 1.29 is 14.6 Å². The molecule has 0 spiro atoms. The molecule has 6 heteroatoms. The highest BCUT2D eigenvalue weighted by Crippen LogP contribution is 2.30. The standard InChI is InChI=1S/C22H27N3O3/c23-19(20-8-6-15-2-1-9-24-22(15)25-20)13-28-18-7-5-16-10-14(11-21(26)27)3-4-17(16)12-18/h5-8,12,14,19H,1-4,9-11,13,23H2,(H,24,25)(H,26,27). The quantitative estimate of drug-likeness (QED) is 0.711. The van der Waals surface area contributed by atoms with Crippen molar-refractivity contribution in [2.45, 2.75) is 44.6 Å². The minimum Gasteiger partial charge on any atom is -0.492 e. The van der Waals surface area contributed by atoms with E-state index in [9.17, 15) is 4.79 Å². The Morgan fingerprint density at radius 3 is 2.96 bits per heavy atom. The SMILES string of the molecule is NC(COc1ccc2c(c1)CCC(CC(=O)O)C2)c1ccc2c(n1)NCCC2. The number of fused-ring (bicyclic) bond motifs is 2. The maximum atomic E-state index is 10.9. The number of aromatic nitrogens is 1. The van der Waals surface area contributed by atoms with Crippen LogP contribution in [0, 0.1) is 5.92 Å². The van der Waals surface area contributed by atoms with E-state index < -0.39 is 5.97 Å². The third-order valence-corrected chi connectivity index (χ3v) is 5.70. The lowest BCUT2D eigenvalue weighted by Gasteiger charge is -2.24. The highest BCUT2D eigenvalue weighted by molar-refractivity contribution is 5.67. The highest BCUT2D eigenvalue weighted by atomic mass is 16.5. The molecule has 1 aromatic heterocycles. The molecule has 0 fully saturated rings. The summed E-state index contributed by atoms with van der Waals surface area (Å²) in [5, 5.41) is 12.3. The van der Waals surface area contributed by atoms with E-state index in [1.807, 2.05) is 12.1 Å². The number of nitrogens with zero attached hydrogens (tertiary/aromatic N) is 1. The minimum atomic E-state index is -0.714. The van der Waals surface area contributed by atoms with Crippen molar-refractivity contribution in [1.82, 2.24) is 4.98 Å². The minimum absolute atomic E-state index is 0.230. The van der Waals surface area contributed by atoms with E-state index in [1.165, 1.54) is 16.7 Å². The lowest BCUT2D eigenvalue weighted by molar-refractivity contribution is -0.138. The first-order valence-electron chi connectivity index (χ1n) is 10.0. The van der Waals surface area contributed by atoms with Crippen LogP contribution in [0.25, 0.3) is 0 Å². The predicted molar refractivity (Wildman–Crippen MR) is 108 cm³/mol. The number of aryl methyl sites for hydroxylation is 2. The average molecular weight is 381 g/mol. The Labute approximate surface area is 165 Å². The Bertz CT molecular complexity index is 868. The van der Waals surface area contributed by atoms with Gasteiger partial charge < -0.3 is 20.9 Å². The molecule has 0 saturated heterocycles. The average Bonchev–Trinajstić information content (AvgIpc) is 2.71. The van der Waals surface area contributed by atoms with E-state index >= 15 is 0 Å². The molecule has 0 amide bonds. The number of ether oxygens (including phenoxy) is 1. The van der Waals surface area contributed by atoms with Gasteiger partial charge in [0.25, 0.3) is 0 Å². The number of rotatable bonds is 6. The van der Waals surface area contributed by atoms with Crippen molar-refractivity contribution in [2.24, 2.45) is 11.7 Å². The maximum absolute atomic E-state index is 10.9. The van der Waals surface area contributed by atoms with Crippen LogP contribution >= 0.6 is 0 Å². The van der Waals surface area contributed by atoms with Crippen molar-refractivity contribution in [3.63, 3.8) is 0 Å². The van der Waals surface area contributed by atoms with Gasteiger partial charge in [-0.05, 0) is 72.9 Å². The summed E-state index contributed by atoms with van der Waals surface area (Å²) in [6.45, 7) is 1.32. The van der Waals surface area contributed by atoms with Crippen LogP contribution in [0.4, 0.5) is 5.82 Å². The number of hydrogen-bond donors (Lipinski definition) is 3. The molecule has 1 aromatic carbocycles. The fourth-order valence-corrected chi connectivity index (χ4v) is 4.14. The first-order chi connectivity index (χ1) is 13.6. The normalized spacial score (nSPS) is 19.1. The third-order valence-electron chi connectivity index (χ3n) is 5.70. The summed E-state index contributed by atoms with van der Waals surface area (Å²) in [7, 11) is 0. The topological polar surface area (TPSA) is 97.5 Å². The summed E-state index contributed by atoms with van der Waals surface area (Å²) in [4.78, 5) is 15.6. The monoisotopic (exact) mass is 381 g/mol. The molecule has 0 radical (unpaired) electrons. The molecule has 1 aliphatic carbocycles. The number of benzene rings is 1. The van der Waals surface area contributed by atoms with Crippen LogP contribution in [0.15, 0.2) is 30.3 Å². The first-order valence-corrected chi connectivity index (χ1v) is 10.0. The van der Waals surface area contributed by atoms with Gasteiger partial charge in [-0.2, -0.15) is 0 Å². The maximum Gasteiger partial charge on any atom is 0.303 e. The van der Waals surface area contributed by atoms with Crippen LogP contribution in [0.3, 0.4) is 0 Å². The van der Waals surface area contributed by atoms with Crippen LogP contribution in [0.5, 0.6) is 5.75 Å². The molecule has 4 rings (SSSR count). The van der Waals surface area contributed by atoms with Gasteiger partial charge >= 0.3 is 5.97 Å². The largest absolute Gasteiger partial charge is 0.492 e. The number of nitrogens with two attached hydrogens (primary N) is 1. The second-order valence-corrected chi connectivity index (χ2v) is 7.83. The van der Waals surface area contributed by atoms with Crippen LogP contribution in [-0.4, -0.2) is 29.2 Å². The predicted octanol–water partition coefficient (Wildman–Crippen LogP) is 3.10. The Balaban J connectivity index is 1.37. The summed E-state index contributed by atoms with van der Waals surface area (Å²) in [6.07, 6.45) is 5.08. The molecule has 0 saturated carbocycles. The summed E-state index contributed by atoms with van der Waals surface area (Å²) in [5.74, 6) is 1.27. The number of anilines is 1. The van der Waals surface area contributed by atoms with E-state index in [4.69, 9.17) is 15.6 Å². The molecule has 2 unspecified atom stereocenters. The molecular formula is C22H27N3O3. The molecule has 4 N–H and O–H groups in total. The van der Waals surface area contributed by atoms with Crippen molar-refractivity contribution in [3.8, 4) is 5.75 Å². The number of hydrogen-bond acceptors (Lipinski definition) is 5. The Morgan fingerprint density at radius 2 is 2.11 bits per heavy atom. The zero-order chi connectivity index (χ0) is 19.5. The summed E-state index contributed by atoms with van der Waals surface area (Å²) < 4.78 is 5.94. The molecular weight excluding hydrogens is 354 g/mol. The first kappa shape index (κ1) is 18.7. The van der Waals surface area contributed by atoms with Crippen LogP contribution in [-0.2, 0) is 24.1 Å². The van der Waals surface area contributed by atoms with Gasteiger partial charge in [0.2, 0.25) is 0 Å². The molecule has 2 aliphatic rings. The van der Waals surface area contributed by atoms with Gasteiger partial charge in [-0.15, -0.1) is 0 Å². The van der Waals surface area contributed by atoms with Gasteiger partial charge in [0.1, 0.15) is 18.2 Å². The lowest BCUT2D eigenvalue weighted by Crippen LogP contribution is -2.22. The van der Waals surface area contributed by atoms with Gasteiger partial charge in [0.15, 0.2) is 0 Å². The molecule has 2 aromatic rings. The molecule has 6 nitrogen and oxygen atoms in total. The number of pyridine rings is 1. The zero-order valence-corrected chi connectivity index (χ0v) is 16.0. The number of nitrogens with one attached hydrogen (secondary N) is 1. The van der Waals surface area contributed by atoms with Crippen molar-refractivity contribution in [1.29, 1.82) is 0 Å². The highest BCUT2D eigenvalue weighted by Gasteiger charge is 2.21. The van der Waals surface area contributed by atoms with E-state index in [2.05, 4.69) is 28.5 Å². The van der Waals surface area contributed by atoms with Crippen molar-refractivity contribution in [3.05, 3.63) is 52.7 Å². The fraction of sp³-hybridized carbons (Fsp3) is 0.455. The van der Waals surface area contributed by atoms with Gasteiger partial charge in [0.05, 0.1) is 11.7 Å². The Morgan fingerprint density at radius 1 is 1.25 bits per heavy atom. The van der Waals surface area contributed by atoms with E-state index in [0.717, 1.165) is 55.9 Å². The van der Waals surface area contributed by atoms with Crippen molar-refractivity contribution >= 4 is 11.8 Å². The van der Waals surface area contributed by atoms with Gasteiger partial charge in [-0.1, -0.05) is 12.1 Å². The molecule has 0 bridgehead atoms. The van der Waals surface area contributed by atoms with Gasteiger partial charge in [-0.25, -0.2) is 4.98 Å². The summed E-state index contributed by atoms with van der Waals surface area (Å²) >= 11 is 0. The number of carboxylic acids is 1. The smallest absolute Gasteiger partial charge is 0.303 e. The van der Waals surface area contributed by atoms with Gasteiger partial charge in [-0.3, -0.25) is 4.79 Å². The number of carboxylic acid groups (broad SMARTS) is 1. The van der Waals surface area contributed by atoms with Crippen molar-refractivity contribution in [2.75, 3.05) is 18.5 Å². The summed E-state index contributed by atoms with van der Waals surface area (Å²) in [6, 6.07) is 9.90.